The monoisotopic (exact) mass is 909 g/mol. The second-order valence-corrected chi connectivity index (χ2v) is 18.8. The fourth-order valence-electron chi connectivity index (χ4n) is 9.28. The summed E-state index contributed by atoms with van der Waals surface area (Å²) in [5, 5.41) is 5.92. The van der Waals surface area contributed by atoms with Crippen molar-refractivity contribution in [2.75, 3.05) is 60.5 Å². The summed E-state index contributed by atoms with van der Waals surface area (Å²) in [5.41, 5.74) is 16.2. The van der Waals surface area contributed by atoms with E-state index >= 15 is 0 Å². The van der Waals surface area contributed by atoms with Crippen LogP contribution in [0, 0.1) is 17.3 Å². The van der Waals surface area contributed by atoms with Gasteiger partial charge < -0.3 is 34.8 Å². The largest absolute Gasteiger partial charge is 0.467 e. The first kappa shape index (κ1) is 51.5. The quantitative estimate of drug-likeness (QED) is 0.100. The number of methoxy groups -OCH3 is 1. The summed E-state index contributed by atoms with van der Waals surface area (Å²) in [5.74, 6) is -0.238. The summed E-state index contributed by atoms with van der Waals surface area (Å²) < 4.78 is 13.4. The number of hydrogen-bond donors (Lipinski definition) is 3. The maximum atomic E-state index is 14.0. The van der Waals surface area contributed by atoms with E-state index in [1.807, 2.05) is 58.0 Å². The maximum Gasteiger partial charge on any atom is 0.293 e. The van der Waals surface area contributed by atoms with E-state index < -0.39 is 6.04 Å². The van der Waals surface area contributed by atoms with Crippen LogP contribution >= 0.6 is 0 Å². The average Bonchev–Trinajstić information content (AvgIpc) is 3.92. The van der Waals surface area contributed by atoms with Crippen LogP contribution in [-0.2, 0) is 52.8 Å². The Kier molecular flexibility index (Phi) is 18.6. The van der Waals surface area contributed by atoms with Crippen molar-refractivity contribution >= 4 is 41.4 Å². The molecule has 2 fully saturated rings. The van der Waals surface area contributed by atoms with Gasteiger partial charge in [-0.15, -0.1) is 0 Å². The minimum Gasteiger partial charge on any atom is -0.467 e. The molecule has 6 rings (SSSR count). The number of carbonyl (C=O) groups excluding carboxylic acids is 5. The lowest BCUT2D eigenvalue weighted by atomic mass is 9.84. The van der Waals surface area contributed by atoms with Gasteiger partial charge in [0, 0.05) is 80.3 Å². The molecule has 4 heterocycles. The van der Waals surface area contributed by atoms with Crippen LogP contribution in [0.25, 0.3) is 33.3 Å². The fourth-order valence-corrected chi connectivity index (χ4v) is 9.28. The zero-order valence-electron chi connectivity index (χ0n) is 40.5. The highest BCUT2D eigenvalue weighted by atomic mass is 16.5. The number of fused-ring (bicyclic) bond motifs is 1. The van der Waals surface area contributed by atoms with Crippen LogP contribution in [0.4, 0.5) is 0 Å². The Labute approximate surface area is 390 Å². The van der Waals surface area contributed by atoms with E-state index in [0.29, 0.717) is 38.9 Å². The number of ether oxygens (including phenoxy) is 2. The number of benzene rings is 2. The topological polar surface area (TPSA) is 181 Å². The fraction of sp³-hybridized carbons (Fsp3) is 0.529. The molecule has 0 saturated carbocycles. The number of hydrogen-bond acceptors (Lipinski definition) is 11. The number of aryl methyl sites for hydroxylation is 1. The second-order valence-electron chi connectivity index (χ2n) is 18.8. The van der Waals surface area contributed by atoms with Crippen molar-refractivity contribution in [2.45, 2.75) is 98.4 Å². The van der Waals surface area contributed by atoms with Gasteiger partial charge in [-0.25, -0.2) is 5.43 Å². The van der Waals surface area contributed by atoms with Crippen molar-refractivity contribution in [3.63, 3.8) is 0 Å². The molecular weight excluding hydrogens is 837 g/mol. The summed E-state index contributed by atoms with van der Waals surface area (Å²) in [4.78, 5) is 68.5. The van der Waals surface area contributed by atoms with Gasteiger partial charge in [0.15, 0.2) is 0 Å². The lowest BCUT2D eigenvalue weighted by Crippen LogP contribution is -2.58. The van der Waals surface area contributed by atoms with Crippen molar-refractivity contribution < 1.29 is 33.4 Å². The third-order valence-corrected chi connectivity index (χ3v) is 12.6. The number of carbonyl (C=O) groups is 5. The molecule has 66 heavy (non-hydrogen) atoms. The molecule has 0 bridgehead atoms. The maximum absolute atomic E-state index is 14.0. The first-order valence-corrected chi connectivity index (χ1v) is 23.3. The predicted molar refractivity (Wildman–Crippen MR) is 258 cm³/mol. The number of likely N-dealkylation sites (tertiary alicyclic amines) is 1. The van der Waals surface area contributed by atoms with Crippen LogP contribution in [0.5, 0.6) is 0 Å². The molecule has 3 amide bonds. The van der Waals surface area contributed by atoms with Gasteiger partial charge in [-0.1, -0.05) is 58.0 Å². The standard InChI is InChI=1S/C44H60N6O5.C7H12N2O2/c1-10-49-38-19-18-33(25-35(38)36(26-44(5,6)27-55-28-51)41(49)34-17-14-20-45-39(34)30(4)54-9)32-16-13-15-31(23-32)24-37(43(53)50-22-12-11-21-46-50)47-42(52)40(29(2)3)48(7)8;8-3-7(11)9-2-1-6(4-9)5-10/h13-20,23,25,28-30,37,40,46H,10-12,21-22,24,26-27H2,1-9H3,(H,47,52);5-6H,1-4,8H2. The molecule has 2 aliphatic rings. The smallest absolute Gasteiger partial charge is 0.293 e. The minimum absolute atomic E-state index is 0.0329. The molecule has 0 spiro atoms. The Bertz CT molecular complexity index is 2280. The zero-order chi connectivity index (χ0) is 48.1. The number of nitrogens with zero attached hydrogens (tertiary/aromatic N) is 5. The molecule has 2 saturated heterocycles. The molecule has 4 N–H and O–H groups in total. The van der Waals surface area contributed by atoms with Gasteiger partial charge >= 0.3 is 0 Å². The van der Waals surface area contributed by atoms with Crippen molar-refractivity contribution in [3.05, 3.63) is 77.6 Å². The Balaban J connectivity index is 0.000000649. The molecule has 358 valence electrons. The molecule has 4 atom stereocenters. The highest BCUT2D eigenvalue weighted by molar-refractivity contribution is 5.95. The second kappa shape index (κ2) is 23.8. The van der Waals surface area contributed by atoms with Crippen LogP contribution in [0.3, 0.4) is 0 Å². The minimum atomic E-state index is -0.733. The molecule has 4 unspecified atom stereocenters. The Hall–Kier alpha value is -5.48. The third kappa shape index (κ3) is 12.7. The van der Waals surface area contributed by atoms with E-state index in [1.54, 1.807) is 23.2 Å². The third-order valence-electron chi connectivity index (χ3n) is 12.6. The first-order chi connectivity index (χ1) is 31.6. The van der Waals surface area contributed by atoms with E-state index in [9.17, 15) is 24.0 Å². The van der Waals surface area contributed by atoms with E-state index in [4.69, 9.17) is 20.2 Å². The molecule has 0 aliphatic carbocycles. The van der Waals surface area contributed by atoms with Crippen LogP contribution in [0.15, 0.2) is 60.8 Å². The summed E-state index contributed by atoms with van der Waals surface area (Å²) in [7, 11) is 5.49. The average molecular weight is 909 g/mol. The molecule has 15 heteroatoms. The highest BCUT2D eigenvalue weighted by Crippen LogP contribution is 2.42. The number of hydrazine groups is 1. The molecule has 15 nitrogen and oxygen atoms in total. The van der Waals surface area contributed by atoms with Crippen molar-refractivity contribution in [1.82, 2.24) is 35.1 Å². The summed E-state index contributed by atoms with van der Waals surface area (Å²) in [6.45, 7) is 16.6. The van der Waals surface area contributed by atoms with Gasteiger partial charge in [-0.2, -0.15) is 0 Å². The number of pyridine rings is 1. The lowest BCUT2D eigenvalue weighted by molar-refractivity contribution is -0.141. The number of nitrogens with one attached hydrogen (secondary N) is 2. The summed E-state index contributed by atoms with van der Waals surface area (Å²) >= 11 is 0. The molecule has 2 aromatic carbocycles. The predicted octanol–water partition coefficient (Wildman–Crippen LogP) is 5.57. The van der Waals surface area contributed by atoms with Crippen molar-refractivity contribution in [1.29, 1.82) is 0 Å². The SMILES string of the molecule is CCn1c(-c2cccnc2C(C)OC)c(CC(C)(C)COC=O)c2cc(-c3cccc(CC(NC(=O)C(C(C)C)N(C)C)C(=O)N4CCCCN4)c3)ccc21.NCC(=O)N1CCC(C=O)C1. The van der Waals surface area contributed by atoms with E-state index in [2.05, 4.69) is 72.5 Å². The summed E-state index contributed by atoms with van der Waals surface area (Å²) in [6.07, 6.45) is 6.21. The van der Waals surface area contributed by atoms with Gasteiger partial charge in [0.2, 0.25) is 11.8 Å². The summed E-state index contributed by atoms with van der Waals surface area (Å²) in [6, 6.07) is 17.8. The molecule has 4 aromatic rings. The Morgan fingerprint density at radius 3 is 2.41 bits per heavy atom. The number of aldehydes is 1. The Morgan fingerprint density at radius 2 is 1.79 bits per heavy atom. The molecule has 2 aromatic heterocycles. The van der Waals surface area contributed by atoms with Crippen LogP contribution in [0.1, 0.15) is 83.7 Å². The molecule has 0 radical (unpaired) electrons. The van der Waals surface area contributed by atoms with Crippen LogP contribution in [0.2, 0.25) is 0 Å². The zero-order valence-corrected chi connectivity index (χ0v) is 40.5. The van der Waals surface area contributed by atoms with E-state index in [1.165, 1.54) is 0 Å². The van der Waals surface area contributed by atoms with E-state index in [0.717, 1.165) is 88.7 Å². The van der Waals surface area contributed by atoms with Crippen molar-refractivity contribution in [3.8, 4) is 22.4 Å². The van der Waals surface area contributed by atoms with Crippen LogP contribution in [-0.4, -0.2) is 127 Å². The van der Waals surface area contributed by atoms with Crippen molar-refractivity contribution in [2.24, 2.45) is 23.0 Å². The van der Waals surface area contributed by atoms with Gasteiger partial charge in [0.25, 0.3) is 12.4 Å². The van der Waals surface area contributed by atoms with Gasteiger partial charge in [0.05, 0.1) is 36.7 Å². The number of rotatable bonds is 19. The van der Waals surface area contributed by atoms with Gasteiger partial charge in [-0.3, -0.25) is 34.1 Å². The number of amides is 3. The number of likely N-dealkylation sites (N-methyl/N-ethyl adjacent to an activating group) is 1. The number of aromatic nitrogens is 2. The number of nitrogens with two attached hydrogens (primary N) is 1. The lowest BCUT2D eigenvalue weighted by Gasteiger charge is -2.33. The molecule has 2 aliphatic heterocycles. The van der Waals surface area contributed by atoms with E-state index in [-0.39, 0.29) is 60.3 Å². The van der Waals surface area contributed by atoms with Gasteiger partial charge in [0.1, 0.15) is 12.3 Å². The molecular formula is C51H72N8O7. The van der Waals surface area contributed by atoms with Gasteiger partial charge in [-0.05, 0) is 106 Å². The first-order valence-electron chi connectivity index (χ1n) is 23.3. The van der Waals surface area contributed by atoms with Crippen LogP contribution < -0.4 is 16.5 Å². The normalized spacial score (nSPS) is 16.7. The Morgan fingerprint density at radius 1 is 1.03 bits per heavy atom. The highest BCUT2D eigenvalue weighted by Gasteiger charge is 2.33.